The number of carbonyl (C=O) groups is 1. The molecule has 1 aromatic heterocycles. The van der Waals surface area contributed by atoms with Crippen molar-refractivity contribution in [3.63, 3.8) is 0 Å². The Hall–Kier alpha value is -3.66. The van der Waals surface area contributed by atoms with Crippen LogP contribution in [0.5, 0.6) is 11.5 Å². The van der Waals surface area contributed by atoms with Gasteiger partial charge in [-0.25, -0.2) is 12.8 Å². The summed E-state index contributed by atoms with van der Waals surface area (Å²) >= 11 is 0. The number of hydrogen-bond donors (Lipinski definition) is 1. The van der Waals surface area contributed by atoms with Gasteiger partial charge in [-0.1, -0.05) is 6.07 Å². The zero-order chi connectivity index (χ0) is 22.6. The lowest BCUT2D eigenvalue weighted by Gasteiger charge is -2.25. The topological polar surface area (TPSA) is 97.8 Å². The summed E-state index contributed by atoms with van der Waals surface area (Å²) in [6, 6.07) is 12.7. The van der Waals surface area contributed by atoms with Crippen molar-refractivity contribution < 1.29 is 27.1 Å². The fourth-order valence-corrected chi connectivity index (χ4v) is 4.57. The van der Waals surface area contributed by atoms with Gasteiger partial charge >= 0.3 is 0 Å². The summed E-state index contributed by atoms with van der Waals surface area (Å²) in [6.07, 6.45) is 3.18. The van der Waals surface area contributed by atoms with Crippen LogP contribution in [0.25, 0.3) is 0 Å². The molecule has 4 rings (SSSR count). The molecule has 0 unspecified atom stereocenters. The number of sulfonamides is 1. The molecular weight excluding hydrogens is 437 g/mol. The van der Waals surface area contributed by atoms with Crippen LogP contribution in [0.2, 0.25) is 0 Å². The van der Waals surface area contributed by atoms with E-state index in [2.05, 4.69) is 10.3 Å². The zero-order valence-electron chi connectivity index (χ0n) is 16.9. The Morgan fingerprint density at radius 3 is 2.53 bits per heavy atom. The molecule has 32 heavy (non-hydrogen) atoms. The van der Waals surface area contributed by atoms with Crippen LogP contribution < -0.4 is 19.1 Å². The lowest BCUT2D eigenvalue weighted by molar-refractivity contribution is -0.119. The van der Waals surface area contributed by atoms with Crippen LogP contribution in [0, 0.1) is 5.82 Å². The van der Waals surface area contributed by atoms with Crippen molar-refractivity contribution in [2.45, 2.75) is 11.4 Å². The van der Waals surface area contributed by atoms with Gasteiger partial charge in [0.25, 0.3) is 10.0 Å². The maximum Gasteiger partial charge on any atom is 0.264 e. The largest absolute Gasteiger partial charge is 0.486 e. The van der Waals surface area contributed by atoms with Gasteiger partial charge < -0.3 is 14.8 Å². The van der Waals surface area contributed by atoms with Crippen molar-refractivity contribution in [2.75, 3.05) is 24.1 Å². The van der Waals surface area contributed by atoms with E-state index in [9.17, 15) is 17.6 Å². The van der Waals surface area contributed by atoms with Crippen molar-refractivity contribution in [1.29, 1.82) is 0 Å². The molecule has 1 aliphatic rings. The number of pyridine rings is 1. The lowest BCUT2D eigenvalue weighted by atomic mass is 10.2. The van der Waals surface area contributed by atoms with Gasteiger partial charge in [-0.15, -0.1) is 0 Å². The van der Waals surface area contributed by atoms with E-state index in [0.29, 0.717) is 24.7 Å². The van der Waals surface area contributed by atoms with Gasteiger partial charge in [0.05, 0.1) is 10.6 Å². The minimum absolute atomic E-state index is 0.0268. The first-order valence-corrected chi connectivity index (χ1v) is 11.2. The number of hydrogen-bond acceptors (Lipinski definition) is 6. The SMILES string of the molecule is O=C(CN(c1cccc(F)c1)S(=O)(=O)c1ccc2c(c1)OCCO2)NCc1ccncc1. The number of amides is 1. The molecule has 0 spiro atoms. The third kappa shape index (κ3) is 4.80. The van der Waals surface area contributed by atoms with E-state index in [1.165, 1.54) is 36.4 Å². The van der Waals surface area contributed by atoms with Crippen LogP contribution in [0.3, 0.4) is 0 Å². The number of benzene rings is 2. The van der Waals surface area contributed by atoms with E-state index in [-0.39, 0.29) is 17.1 Å². The predicted molar refractivity (Wildman–Crippen MR) is 114 cm³/mol. The number of aromatic nitrogens is 1. The first-order chi connectivity index (χ1) is 15.4. The average molecular weight is 457 g/mol. The number of nitrogens with one attached hydrogen (secondary N) is 1. The number of halogens is 1. The highest BCUT2D eigenvalue weighted by molar-refractivity contribution is 7.92. The smallest absolute Gasteiger partial charge is 0.264 e. The van der Waals surface area contributed by atoms with Crippen LogP contribution in [0.15, 0.2) is 71.9 Å². The molecule has 0 aliphatic carbocycles. The quantitative estimate of drug-likeness (QED) is 0.586. The highest BCUT2D eigenvalue weighted by Gasteiger charge is 2.29. The summed E-state index contributed by atoms with van der Waals surface area (Å²) in [4.78, 5) is 16.4. The second kappa shape index (κ2) is 9.23. The summed E-state index contributed by atoms with van der Waals surface area (Å²) in [5.74, 6) is -0.449. The van der Waals surface area contributed by atoms with Crippen molar-refractivity contribution >= 4 is 21.6 Å². The molecule has 0 bridgehead atoms. The Kier molecular flexibility index (Phi) is 6.22. The fourth-order valence-electron chi connectivity index (χ4n) is 3.15. The number of carbonyl (C=O) groups excluding carboxylic acids is 1. The van der Waals surface area contributed by atoms with Crippen LogP contribution in [-0.4, -0.2) is 39.1 Å². The predicted octanol–water partition coefficient (Wildman–Crippen LogP) is 2.50. The number of anilines is 1. The average Bonchev–Trinajstić information content (AvgIpc) is 2.81. The van der Waals surface area contributed by atoms with Gasteiger partial charge in [0.2, 0.25) is 5.91 Å². The molecule has 8 nitrogen and oxygen atoms in total. The molecular formula is C22H20FN3O5S. The van der Waals surface area contributed by atoms with Crippen molar-refractivity contribution in [2.24, 2.45) is 0 Å². The Balaban J connectivity index is 1.62. The van der Waals surface area contributed by atoms with E-state index in [0.717, 1.165) is 15.9 Å². The molecule has 1 aliphatic heterocycles. The van der Waals surface area contributed by atoms with Gasteiger partial charge in [0.15, 0.2) is 11.5 Å². The first-order valence-electron chi connectivity index (χ1n) is 9.77. The van der Waals surface area contributed by atoms with E-state index in [1.54, 1.807) is 24.5 Å². The first kappa shape index (κ1) is 21.6. The van der Waals surface area contributed by atoms with Crippen LogP contribution in [-0.2, 0) is 21.4 Å². The van der Waals surface area contributed by atoms with E-state index in [1.807, 2.05) is 0 Å². The maximum absolute atomic E-state index is 13.9. The molecule has 0 atom stereocenters. The lowest BCUT2D eigenvalue weighted by Crippen LogP contribution is -2.40. The molecule has 10 heteroatoms. The Bertz CT molecular complexity index is 1220. The van der Waals surface area contributed by atoms with Gasteiger partial charge in [-0.05, 0) is 48.0 Å². The van der Waals surface area contributed by atoms with Crippen LogP contribution >= 0.6 is 0 Å². The molecule has 2 heterocycles. The Labute approximate surface area is 184 Å². The third-order valence-electron chi connectivity index (χ3n) is 4.72. The van der Waals surface area contributed by atoms with Crippen LogP contribution in [0.4, 0.5) is 10.1 Å². The molecule has 0 radical (unpaired) electrons. The molecule has 1 N–H and O–H groups in total. The third-order valence-corrected chi connectivity index (χ3v) is 6.49. The molecule has 2 aromatic carbocycles. The highest BCUT2D eigenvalue weighted by atomic mass is 32.2. The standard InChI is InChI=1S/C22H20FN3O5S/c23-17-2-1-3-18(12-17)26(15-22(27)25-14-16-6-8-24-9-7-16)32(28,29)19-4-5-20-21(13-19)31-11-10-30-20/h1-9,12-13H,10-11,14-15H2,(H,25,27). The molecule has 0 saturated carbocycles. The monoisotopic (exact) mass is 457 g/mol. The Morgan fingerprint density at radius 2 is 1.78 bits per heavy atom. The van der Waals surface area contributed by atoms with Gasteiger partial charge in [0.1, 0.15) is 25.6 Å². The summed E-state index contributed by atoms with van der Waals surface area (Å²) < 4.78 is 52.6. The number of fused-ring (bicyclic) bond motifs is 1. The Morgan fingerprint density at radius 1 is 1.03 bits per heavy atom. The second-order valence-corrected chi connectivity index (χ2v) is 8.79. The second-order valence-electron chi connectivity index (χ2n) is 6.93. The summed E-state index contributed by atoms with van der Waals surface area (Å²) in [5.41, 5.74) is 0.833. The highest BCUT2D eigenvalue weighted by Crippen LogP contribution is 2.34. The van der Waals surface area contributed by atoms with E-state index >= 15 is 0 Å². The van der Waals surface area contributed by atoms with Crippen LogP contribution in [0.1, 0.15) is 5.56 Å². The van der Waals surface area contributed by atoms with E-state index in [4.69, 9.17) is 9.47 Å². The van der Waals surface area contributed by atoms with Crippen molar-refractivity contribution in [3.05, 3.63) is 78.4 Å². The molecule has 3 aromatic rings. The van der Waals surface area contributed by atoms with Gasteiger partial charge in [-0.2, -0.15) is 0 Å². The summed E-state index contributed by atoms with van der Waals surface area (Å²) in [5, 5.41) is 2.68. The van der Waals surface area contributed by atoms with Crippen molar-refractivity contribution in [3.8, 4) is 11.5 Å². The number of nitrogens with zero attached hydrogens (tertiary/aromatic N) is 2. The number of rotatable bonds is 7. The zero-order valence-corrected chi connectivity index (χ0v) is 17.7. The summed E-state index contributed by atoms with van der Waals surface area (Å²) in [7, 11) is -4.22. The normalized spacial score (nSPS) is 12.8. The molecule has 1 amide bonds. The van der Waals surface area contributed by atoms with Gasteiger partial charge in [-0.3, -0.25) is 14.1 Å². The van der Waals surface area contributed by atoms with Crippen molar-refractivity contribution in [1.82, 2.24) is 10.3 Å². The molecule has 166 valence electrons. The minimum atomic E-state index is -4.22. The fraction of sp³-hybridized carbons (Fsp3) is 0.182. The summed E-state index contributed by atoms with van der Waals surface area (Å²) in [6.45, 7) is 0.321. The maximum atomic E-state index is 13.9. The molecule has 0 saturated heterocycles. The molecule has 0 fully saturated rings. The number of ether oxygens (including phenoxy) is 2. The van der Waals surface area contributed by atoms with E-state index < -0.39 is 28.3 Å². The minimum Gasteiger partial charge on any atom is -0.486 e. The van der Waals surface area contributed by atoms with Gasteiger partial charge in [0, 0.05) is 25.0 Å².